The largest absolute Gasteiger partial charge is 0.469 e. The highest BCUT2D eigenvalue weighted by atomic mass is 19.3. The molecule has 1 aromatic rings. The lowest BCUT2D eigenvalue weighted by Crippen LogP contribution is -2.43. The lowest BCUT2D eigenvalue weighted by molar-refractivity contribution is -0.145. The van der Waals surface area contributed by atoms with Gasteiger partial charge in [-0.15, -0.1) is 0 Å². The molecule has 6 nitrogen and oxygen atoms in total. The van der Waals surface area contributed by atoms with Crippen molar-refractivity contribution in [3.05, 3.63) is 18.2 Å². The first-order chi connectivity index (χ1) is 9.60. The van der Waals surface area contributed by atoms with Crippen LogP contribution in [-0.2, 0) is 20.8 Å². The van der Waals surface area contributed by atoms with E-state index in [1.54, 1.807) is 0 Å². The molecule has 2 heterocycles. The van der Waals surface area contributed by atoms with E-state index in [4.69, 9.17) is 4.74 Å². The molecule has 0 N–H and O–H groups in total. The van der Waals surface area contributed by atoms with Gasteiger partial charge < -0.3 is 9.47 Å². The number of aromatic nitrogens is 2. The fraction of sp³-hybridized carbons (Fsp3) is 0.667. The molecular formula is C12H17F2N3O3. The van der Waals surface area contributed by atoms with E-state index in [-0.39, 0.29) is 18.5 Å². The van der Waals surface area contributed by atoms with Gasteiger partial charge in [-0.05, 0) is 0 Å². The molecule has 1 atom stereocenters. The Morgan fingerprint density at radius 1 is 1.65 bits per heavy atom. The summed E-state index contributed by atoms with van der Waals surface area (Å²) in [7, 11) is 1.32. The number of rotatable bonds is 5. The van der Waals surface area contributed by atoms with Gasteiger partial charge in [0.05, 0.1) is 32.8 Å². The summed E-state index contributed by atoms with van der Waals surface area (Å²) in [5.74, 6) is -0.0374. The number of carbonyl (C=O) groups excluding carboxylic acids is 1. The van der Waals surface area contributed by atoms with Crippen LogP contribution in [0.3, 0.4) is 0 Å². The van der Waals surface area contributed by atoms with E-state index in [9.17, 15) is 13.6 Å². The predicted octanol–water partition coefficient (Wildman–Crippen LogP) is 1.04. The van der Waals surface area contributed by atoms with Gasteiger partial charge in [0.25, 0.3) is 0 Å². The zero-order chi connectivity index (χ0) is 14.5. The van der Waals surface area contributed by atoms with Crippen molar-refractivity contribution in [3.63, 3.8) is 0 Å². The summed E-state index contributed by atoms with van der Waals surface area (Å²) in [6, 6.07) is 0. The Kier molecular flexibility index (Phi) is 5.02. The number of alkyl halides is 2. The number of esters is 1. The van der Waals surface area contributed by atoms with Gasteiger partial charge in [-0.3, -0.25) is 14.3 Å². The van der Waals surface area contributed by atoms with Gasteiger partial charge in [-0.2, -0.15) is 8.78 Å². The maximum Gasteiger partial charge on any atom is 0.319 e. The standard InChI is InChI=1S/C12H17F2N3O3/c1-19-11(18)6-9-7-16(4-5-20-9)8-10-15-2-3-17(10)12(13)14/h2-3,9,12H,4-8H2,1H3. The van der Waals surface area contributed by atoms with Crippen molar-refractivity contribution >= 4 is 5.97 Å². The van der Waals surface area contributed by atoms with Gasteiger partial charge in [-0.1, -0.05) is 0 Å². The monoisotopic (exact) mass is 289 g/mol. The molecule has 0 aliphatic carbocycles. The van der Waals surface area contributed by atoms with Gasteiger partial charge in [0.1, 0.15) is 5.82 Å². The number of methoxy groups -OCH3 is 1. The van der Waals surface area contributed by atoms with Crippen LogP contribution in [0.1, 0.15) is 18.8 Å². The Labute approximate surface area is 115 Å². The summed E-state index contributed by atoms with van der Waals surface area (Å²) in [6.07, 6.45) is 2.50. The first kappa shape index (κ1) is 14.9. The van der Waals surface area contributed by atoms with Crippen molar-refractivity contribution in [2.24, 2.45) is 0 Å². The molecule has 1 aromatic heterocycles. The highest BCUT2D eigenvalue weighted by molar-refractivity contribution is 5.69. The second-order valence-electron chi connectivity index (χ2n) is 4.54. The van der Waals surface area contributed by atoms with Gasteiger partial charge in [0, 0.05) is 25.5 Å². The first-order valence-electron chi connectivity index (χ1n) is 6.30. The third-order valence-corrected chi connectivity index (χ3v) is 3.17. The second kappa shape index (κ2) is 6.76. The molecule has 1 aliphatic heterocycles. The van der Waals surface area contributed by atoms with Crippen LogP contribution in [0.15, 0.2) is 12.4 Å². The van der Waals surface area contributed by atoms with Crippen LogP contribution in [-0.4, -0.2) is 53.3 Å². The lowest BCUT2D eigenvalue weighted by atomic mass is 10.2. The lowest BCUT2D eigenvalue weighted by Gasteiger charge is -2.32. The van der Waals surface area contributed by atoms with Crippen LogP contribution < -0.4 is 0 Å². The van der Waals surface area contributed by atoms with Crippen molar-refractivity contribution in [2.75, 3.05) is 26.8 Å². The van der Waals surface area contributed by atoms with Crippen LogP contribution >= 0.6 is 0 Å². The molecule has 1 aliphatic rings. The van der Waals surface area contributed by atoms with E-state index in [2.05, 4.69) is 9.72 Å². The molecule has 0 bridgehead atoms. The van der Waals surface area contributed by atoms with Crippen LogP contribution in [0.25, 0.3) is 0 Å². The van der Waals surface area contributed by atoms with Gasteiger partial charge in [-0.25, -0.2) is 4.98 Å². The quantitative estimate of drug-likeness (QED) is 0.758. The second-order valence-corrected chi connectivity index (χ2v) is 4.54. The van der Waals surface area contributed by atoms with Crippen molar-refractivity contribution < 1.29 is 23.0 Å². The molecule has 20 heavy (non-hydrogen) atoms. The molecule has 0 aromatic carbocycles. The van der Waals surface area contributed by atoms with Crippen LogP contribution in [0, 0.1) is 0 Å². The van der Waals surface area contributed by atoms with Crippen LogP contribution in [0.4, 0.5) is 8.78 Å². The topological polar surface area (TPSA) is 56.6 Å². The number of ether oxygens (including phenoxy) is 2. The number of nitrogens with zero attached hydrogens (tertiary/aromatic N) is 3. The number of hydrogen-bond donors (Lipinski definition) is 0. The fourth-order valence-electron chi connectivity index (χ4n) is 2.16. The third kappa shape index (κ3) is 3.73. The molecule has 2 rings (SSSR count). The number of hydrogen-bond acceptors (Lipinski definition) is 5. The molecule has 0 saturated carbocycles. The zero-order valence-electron chi connectivity index (χ0n) is 11.2. The minimum Gasteiger partial charge on any atom is -0.469 e. The SMILES string of the molecule is COC(=O)CC1CN(Cc2nccn2C(F)F)CCO1. The van der Waals surface area contributed by atoms with Gasteiger partial charge >= 0.3 is 12.5 Å². The Hall–Kier alpha value is -1.54. The van der Waals surface area contributed by atoms with Crippen molar-refractivity contribution in [3.8, 4) is 0 Å². The predicted molar refractivity (Wildman–Crippen MR) is 65.1 cm³/mol. The smallest absolute Gasteiger partial charge is 0.319 e. The third-order valence-electron chi connectivity index (χ3n) is 3.17. The van der Waals surface area contributed by atoms with E-state index >= 15 is 0 Å². The zero-order valence-corrected chi connectivity index (χ0v) is 11.2. The number of carbonyl (C=O) groups is 1. The Balaban J connectivity index is 1.92. The summed E-state index contributed by atoms with van der Waals surface area (Å²) >= 11 is 0. The summed E-state index contributed by atoms with van der Waals surface area (Å²) in [5, 5.41) is 0. The maximum absolute atomic E-state index is 12.7. The average molecular weight is 289 g/mol. The van der Waals surface area contributed by atoms with Gasteiger partial charge in [0.2, 0.25) is 0 Å². The van der Waals surface area contributed by atoms with E-state index in [1.165, 1.54) is 19.5 Å². The Morgan fingerprint density at radius 3 is 3.15 bits per heavy atom. The summed E-state index contributed by atoms with van der Waals surface area (Å²) in [5.41, 5.74) is 0. The highest BCUT2D eigenvalue weighted by Gasteiger charge is 2.24. The van der Waals surface area contributed by atoms with Gasteiger partial charge in [0.15, 0.2) is 0 Å². The number of imidazole rings is 1. The van der Waals surface area contributed by atoms with Crippen LogP contribution in [0.5, 0.6) is 0 Å². The molecular weight excluding hydrogens is 272 g/mol. The average Bonchev–Trinajstić information content (AvgIpc) is 2.87. The minimum absolute atomic E-state index is 0.163. The van der Waals surface area contributed by atoms with Crippen LogP contribution in [0.2, 0.25) is 0 Å². The van der Waals surface area contributed by atoms with E-state index in [1.807, 2.05) is 4.90 Å². The Bertz CT molecular complexity index is 453. The van der Waals surface area contributed by atoms with Crippen molar-refractivity contribution in [2.45, 2.75) is 25.6 Å². The minimum atomic E-state index is -2.60. The summed E-state index contributed by atoms with van der Waals surface area (Å²) in [4.78, 5) is 17.1. The fourth-order valence-corrected chi connectivity index (χ4v) is 2.16. The molecule has 0 radical (unpaired) electrons. The molecule has 112 valence electrons. The maximum atomic E-state index is 12.7. The molecule has 1 unspecified atom stereocenters. The molecule has 0 amide bonds. The number of morpholine rings is 1. The van der Waals surface area contributed by atoms with E-state index in [0.717, 1.165) is 4.57 Å². The van der Waals surface area contributed by atoms with E-state index in [0.29, 0.717) is 32.1 Å². The first-order valence-corrected chi connectivity index (χ1v) is 6.30. The molecule has 1 saturated heterocycles. The molecule has 8 heteroatoms. The van der Waals surface area contributed by atoms with Crippen molar-refractivity contribution in [1.82, 2.24) is 14.5 Å². The summed E-state index contributed by atoms with van der Waals surface area (Å²) in [6.45, 7) is -0.728. The summed E-state index contributed by atoms with van der Waals surface area (Å²) < 4.78 is 36.3. The molecule has 1 fully saturated rings. The Morgan fingerprint density at radius 2 is 2.45 bits per heavy atom. The van der Waals surface area contributed by atoms with Crippen molar-refractivity contribution in [1.29, 1.82) is 0 Å². The normalized spacial score (nSPS) is 20.3. The van der Waals surface area contributed by atoms with E-state index < -0.39 is 6.55 Å². The highest BCUT2D eigenvalue weighted by Crippen LogP contribution is 2.16. The molecule has 0 spiro atoms. The number of halogens is 2.